The summed E-state index contributed by atoms with van der Waals surface area (Å²) in [4.78, 5) is 31.5. The number of methoxy groups -OCH3 is 1. The number of nitrogens with zero attached hydrogens (tertiary/aromatic N) is 1. The first kappa shape index (κ1) is 12.6. The van der Waals surface area contributed by atoms with Crippen LogP contribution in [-0.2, 0) is 0 Å². The minimum absolute atomic E-state index is 0.0139. The maximum atomic E-state index is 11.5. The molecule has 0 aromatic heterocycles. The van der Waals surface area contributed by atoms with E-state index in [1.807, 2.05) is 0 Å². The van der Waals surface area contributed by atoms with Gasteiger partial charge in [-0.15, -0.1) is 0 Å². The van der Waals surface area contributed by atoms with Crippen molar-refractivity contribution in [3.63, 3.8) is 0 Å². The minimum Gasteiger partial charge on any atom is -0.507 e. The predicted molar refractivity (Wildman–Crippen MR) is 56.2 cm³/mol. The SMILES string of the molecule is COc1cc(O)c(C=O)cc1C(=O)C[N+](=O)[O-]. The van der Waals surface area contributed by atoms with Crippen molar-refractivity contribution >= 4 is 12.1 Å². The maximum absolute atomic E-state index is 11.5. The summed E-state index contributed by atoms with van der Waals surface area (Å²) in [5.41, 5.74) is -0.235. The van der Waals surface area contributed by atoms with Crippen molar-refractivity contribution in [2.75, 3.05) is 13.7 Å². The molecule has 0 saturated heterocycles. The van der Waals surface area contributed by atoms with E-state index in [-0.39, 0.29) is 22.6 Å². The van der Waals surface area contributed by atoms with E-state index >= 15 is 0 Å². The zero-order valence-electron chi connectivity index (χ0n) is 8.87. The van der Waals surface area contributed by atoms with Crippen molar-refractivity contribution in [3.05, 3.63) is 33.4 Å². The predicted octanol–water partition coefficient (Wildman–Crippen LogP) is 0.673. The number of benzene rings is 1. The number of ether oxygens (including phenoxy) is 1. The smallest absolute Gasteiger partial charge is 0.265 e. The second-order valence-electron chi connectivity index (χ2n) is 3.14. The summed E-state index contributed by atoms with van der Waals surface area (Å²) >= 11 is 0. The Kier molecular flexibility index (Phi) is 3.76. The molecule has 0 aliphatic heterocycles. The number of phenols is 1. The molecule has 1 aromatic carbocycles. The summed E-state index contributed by atoms with van der Waals surface area (Å²) in [6.45, 7) is -0.903. The molecule has 0 amide bonds. The van der Waals surface area contributed by atoms with Gasteiger partial charge in [-0.05, 0) is 6.07 Å². The molecule has 0 unspecified atom stereocenters. The van der Waals surface area contributed by atoms with Crippen LogP contribution in [0.25, 0.3) is 0 Å². The van der Waals surface area contributed by atoms with Gasteiger partial charge in [-0.25, -0.2) is 0 Å². The summed E-state index contributed by atoms with van der Waals surface area (Å²) in [6, 6.07) is 2.13. The third-order valence-corrected chi connectivity index (χ3v) is 2.05. The van der Waals surface area contributed by atoms with Crippen molar-refractivity contribution < 1.29 is 24.4 Å². The molecule has 0 atom stereocenters. The number of Topliss-reactive ketones (excluding diaryl/α,β-unsaturated/α-hetero) is 1. The van der Waals surface area contributed by atoms with Crippen molar-refractivity contribution in [3.8, 4) is 11.5 Å². The first-order chi connectivity index (χ1) is 7.99. The summed E-state index contributed by atoms with van der Waals surface area (Å²) in [6.07, 6.45) is 0.345. The van der Waals surface area contributed by atoms with Gasteiger partial charge >= 0.3 is 0 Å². The van der Waals surface area contributed by atoms with E-state index in [1.165, 1.54) is 7.11 Å². The number of aromatic hydroxyl groups is 1. The second-order valence-corrected chi connectivity index (χ2v) is 3.14. The Bertz CT molecular complexity index is 482. The molecule has 1 aromatic rings. The van der Waals surface area contributed by atoms with Gasteiger partial charge in [0.1, 0.15) is 11.5 Å². The Morgan fingerprint density at radius 3 is 2.71 bits per heavy atom. The topological polar surface area (TPSA) is 107 Å². The molecule has 0 fully saturated rings. The van der Waals surface area contributed by atoms with Crippen molar-refractivity contribution in [2.24, 2.45) is 0 Å². The third-order valence-electron chi connectivity index (χ3n) is 2.05. The van der Waals surface area contributed by atoms with Crippen LogP contribution in [0.4, 0.5) is 0 Å². The fourth-order valence-corrected chi connectivity index (χ4v) is 1.27. The fourth-order valence-electron chi connectivity index (χ4n) is 1.27. The lowest BCUT2D eigenvalue weighted by molar-refractivity contribution is -0.465. The lowest BCUT2D eigenvalue weighted by Crippen LogP contribution is -2.15. The Balaban J connectivity index is 3.25. The van der Waals surface area contributed by atoms with E-state index in [2.05, 4.69) is 0 Å². The van der Waals surface area contributed by atoms with Crippen molar-refractivity contribution in [1.29, 1.82) is 0 Å². The summed E-state index contributed by atoms with van der Waals surface area (Å²) in [5.74, 6) is -1.16. The number of hydrogen-bond acceptors (Lipinski definition) is 6. The van der Waals surface area contributed by atoms with Crippen LogP contribution in [0.1, 0.15) is 20.7 Å². The lowest BCUT2D eigenvalue weighted by Gasteiger charge is -2.07. The molecule has 0 radical (unpaired) electrons. The van der Waals surface area contributed by atoms with Crippen LogP contribution in [0, 0.1) is 10.1 Å². The quantitative estimate of drug-likeness (QED) is 0.350. The van der Waals surface area contributed by atoms with Gasteiger partial charge in [0.15, 0.2) is 6.29 Å². The van der Waals surface area contributed by atoms with Gasteiger partial charge in [0.2, 0.25) is 5.78 Å². The van der Waals surface area contributed by atoms with Gasteiger partial charge in [-0.1, -0.05) is 0 Å². The number of hydrogen-bond donors (Lipinski definition) is 1. The van der Waals surface area contributed by atoms with E-state index in [4.69, 9.17) is 4.74 Å². The molecule has 0 aliphatic rings. The zero-order valence-corrected chi connectivity index (χ0v) is 8.87. The van der Waals surface area contributed by atoms with E-state index < -0.39 is 17.3 Å². The molecule has 0 bridgehead atoms. The van der Waals surface area contributed by atoms with E-state index in [9.17, 15) is 24.8 Å². The minimum atomic E-state index is -0.903. The lowest BCUT2D eigenvalue weighted by atomic mass is 10.1. The Hall–Kier alpha value is -2.44. The third kappa shape index (κ3) is 2.77. The first-order valence-electron chi connectivity index (χ1n) is 4.50. The molecule has 7 heteroatoms. The summed E-state index contributed by atoms with van der Waals surface area (Å²) < 4.78 is 4.81. The van der Waals surface area contributed by atoms with Gasteiger partial charge in [0.25, 0.3) is 6.54 Å². The average Bonchev–Trinajstić information content (AvgIpc) is 2.27. The van der Waals surface area contributed by atoms with Crippen LogP contribution in [0.5, 0.6) is 11.5 Å². The summed E-state index contributed by atoms with van der Waals surface area (Å²) in [5, 5.41) is 19.6. The number of nitro groups is 1. The summed E-state index contributed by atoms with van der Waals surface area (Å²) in [7, 11) is 1.25. The highest BCUT2D eigenvalue weighted by molar-refractivity contribution is 6.01. The van der Waals surface area contributed by atoms with Crippen LogP contribution >= 0.6 is 0 Å². The number of phenolic OH excluding ortho intramolecular Hbond substituents is 1. The Morgan fingerprint density at radius 2 is 2.24 bits per heavy atom. The molecule has 17 heavy (non-hydrogen) atoms. The normalized spacial score (nSPS) is 9.71. The largest absolute Gasteiger partial charge is 0.507 e. The molecule has 0 heterocycles. The molecular formula is C10H9NO6. The standard InChI is InChI=1S/C10H9NO6/c1-17-10-3-8(13)6(5-12)2-7(10)9(14)4-11(15)16/h2-3,5,13H,4H2,1H3. The van der Waals surface area contributed by atoms with Crippen LogP contribution < -0.4 is 4.74 Å². The molecule has 0 aliphatic carbocycles. The van der Waals surface area contributed by atoms with Crippen LogP contribution in [-0.4, -0.2) is 35.8 Å². The van der Waals surface area contributed by atoms with Crippen LogP contribution in [0.3, 0.4) is 0 Å². The van der Waals surface area contributed by atoms with Gasteiger partial charge in [0, 0.05) is 11.0 Å². The molecule has 7 nitrogen and oxygen atoms in total. The van der Waals surface area contributed by atoms with Gasteiger partial charge in [-0.2, -0.15) is 0 Å². The highest BCUT2D eigenvalue weighted by Crippen LogP contribution is 2.27. The van der Waals surface area contributed by atoms with E-state index in [0.29, 0.717) is 6.29 Å². The molecule has 0 spiro atoms. The van der Waals surface area contributed by atoms with Gasteiger partial charge < -0.3 is 9.84 Å². The van der Waals surface area contributed by atoms with E-state index in [1.54, 1.807) is 0 Å². The molecule has 90 valence electrons. The van der Waals surface area contributed by atoms with Gasteiger partial charge in [-0.3, -0.25) is 19.7 Å². The molecule has 1 rings (SSSR count). The van der Waals surface area contributed by atoms with Crippen LogP contribution in [0.15, 0.2) is 12.1 Å². The van der Waals surface area contributed by atoms with Crippen molar-refractivity contribution in [1.82, 2.24) is 0 Å². The Morgan fingerprint density at radius 1 is 1.59 bits per heavy atom. The molecule has 0 saturated carbocycles. The highest BCUT2D eigenvalue weighted by Gasteiger charge is 2.19. The number of carbonyl (C=O) groups excluding carboxylic acids is 2. The van der Waals surface area contributed by atoms with Crippen molar-refractivity contribution in [2.45, 2.75) is 0 Å². The first-order valence-corrected chi connectivity index (χ1v) is 4.50. The number of rotatable bonds is 5. The number of carbonyl (C=O) groups is 2. The monoisotopic (exact) mass is 239 g/mol. The molecular weight excluding hydrogens is 230 g/mol. The highest BCUT2D eigenvalue weighted by atomic mass is 16.6. The number of ketones is 1. The maximum Gasteiger partial charge on any atom is 0.265 e. The second kappa shape index (κ2) is 5.06. The molecule has 1 N–H and O–H groups in total. The average molecular weight is 239 g/mol. The van der Waals surface area contributed by atoms with E-state index in [0.717, 1.165) is 12.1 Å². The zero-order chi connectivity index (χ0) is 13.0. The number of aldehydes is 1. The Labute approximate surface area is 95.8 Å². The van der Waals surface area contributed by atoms with Crippen LogP contribution in [0.2, 0.25) is 0 Å². The van der Waals surface area contributed by atoms with Gasteiger partial charge in [0.05, 0.1) is 18.2 Å². The fraction of sp³-hybridized carbons (Fsp3) is 0.200.